The van der Waals surface area contributed by atoms with Gasteiger partial charge in [0, 0.05) is 0 Å². The molecule has 2 rings (SSSR count). The van der Waals surface area contributed by atoms with Crippen molar-refractivity contribution in [3.63, 3.8) is 0 Å². The summed E-state index contributed by atoms with van der Waals surface area (Å²) in [5.74, 6) is 0. The van der Waals surface area contributed by atoms with E-state index in [-0.39, 0.29) is 0 Å². The zero-order chi connectivity index (χ0) is 11.7. The largest absolute Gasteiger partial charge is 0.394 e. The fourth-order valence-corrected chi connectivity index (χ4v) is 1.72. The SMILES string of the molecule is OC[C@@H](O)[C@H]1OC(c2cn[nH]n2)[C@H](O)[C@H]1O. The van der Waals surface area contributed by atoms with Crippen molar-refractivity contribution < 1.29 is 25.2 Å². The number of hydrogen-bond donors (Lipinski definition) is 5. The number of H-pyrrole nitrogens is 1. The molecule has 1 saturated heterocycles. The molecule has 2 heterocycles. The topological polar surface area (TPSA) is 132 Å². The Bertz CT molecular complexity index is 332. The Labute approximate surface area is 90.5 Å². The average molecular weight is 231 g/mol. The van der Waals surface area contributed by atoms with E-state index in [1.807, 2.05) is 0 Å². The first-order chi connectivity index (χ1) is 7.65. The smallest absolute Gasteiger partial charge is 0.132 e. The van der Waals surface area contributed by atoms with E-state index in [2.05, 4.69) is 15.4 Å². The summed E-state index contributed by atoms with van der Waals surface area (Å²) in [7, 11) is 0. The van der Waals surface area contributed by atoms with E-state index in [1.165, 1.54) is 6.20 Å². The lowest BCUT2D eigenvalue weighted by Crippen LogP contribution is -2.40. The Hall–Kier alpha value is -1.06. The van der Waals surface area contributed by atoms with Crippen molar-refractivity contribution >= 4 is 0 Å². The van der Waals surface area contributed by atoms with Gasteiger partial charge in [0.1, 0.15) is 36.2 Å². The number of aliphatic hydroxyl groups is 4. The first-order valence-electron chi connectivity index (χ1n) is 4.81. The molecule has 5 N–H and O–H groups in total. The Morgan fingerprint density at radius 2 is 2.19 bits per heavy atom. The van der Waals surface area contributed by atoms with Gasteiger partial charge >= 0.3 is 0 Å². The van der Waals surface area contributed by atoms with E-state index >= 15 is 0 Å². The van der Waals surface area contributed by atoms with Crippen LogP contribution < -0.4 is 0 Å². The third-order valence-electron chi connectivity index (χ3n) is 2.59. The molecule has 16 heavy (non-hydrogen) atoms. The molecular weight excluding hydrogens is 218 g/mol. The minimum atomic E-state index is -1.27. The van der Waals surface area contributed by atoms with Crippen LogP contribution in [0.25, 0.3) is 0 Å². The molecule has 0 bridgehead atoms. The maximum absolute atomic E-state index is 9.69. The Kier molecular flexibility index (Phi) is 3.17. The van der Waals surface area contributed by atoms with E-state index in [9.17, 15) is 15.3 Å². The number of nitrogens with one attached hydrogen (secondary N) is 1. The maximum atomic E-state index is 9.69. The number of nitrogens with zero attached hydrogens (tertiary/aromatic N) is 2. The molecule has 1 unspecified atom stereocenters. The number of ether oxygens (including phenoxy) is 1. The Balaban J connectivity index is 2.14. The summed E-state index contributed by atoms with van der Waals surface area (Å²) in [6, 6.07) is 0. The number of rotatable bonds is 3. The molecule has 1 aromatic rings. The van der Waals surface area contributed by atoms with Gasteiger partial charge < -0.3 is 25.2 Å². The van der Waals surface area contributed by atoms with Crippen LogP contribution in [0.2, 0.25) is 0 Å². The second-order valence-electron chi connectivity index (χ2n) is 3.65. The van der Waals surface area contributed by atoms with Gasteiger partial charge in [0.15, 0.2) is 0 Å². The normalized spacial score (nSPS) is 36.5. The summed E-state index contributed by atoms with van der Waals surface area (Å²) in [6.07, 6.45) is -4.28. The lowest BCUT2D eigenvalue weighted by Gasteiger charge is -2.18. The first kappa shape index (κ1) is 11.4. The number of aliphatic hydroxyl groups excluding tert-OH is 4. The minimum Gasteiger partial charge on any atom is -0.394 e. The van der Waals surface area contributed by atoms with Crippen LogP contribution in [0.5, 0.6) is 0 Å². The molecule has 0 aromatic carbocycles. The van der Waals surface area contributed by atoms with Crippen LogP contribution in [0.4, 0.5) is 0 Å². The van der Waals surface area contributed by atoms with Crippen LogP contribution in [-0.4, -0.2) is 66.9 Å². The van der Waals surface area contributed by atoms with Gasteiger partial charge in [-0.3, -0.25) is 0 Å². The number of aromatic amines is 1. The predicted molar refractivity (Wildman–Crippen MR) is 49.1 cm³/mol. The number of hydrogen-bond acceptors (Lipinski definition) is 7. The van der Waals surface area contributed by atoms with Crippen molar-refractivity contribution in [3.8, 4) is 0 Å². The van der Waals surface area contributed by atoms with Gasteiger partial charge in [0.2, 0.25) is 0 Å². The van der Waals surface area contributed by atoms with Crippen molar-refractivity contribution in [2.75, 3.05) is 6.61 Å². The summed E-state index contributed by atoms with van der Waals surface area (Å²) in [6.45, 7) is -0.556. The molecule has 0 aliphatic carbocycles. The summed E-state index contributed by atoms with van der Waals surface area (Å²) in [5, 5.41) is 47.1. The van der Waals surface area contributed by atoms with Gasteiger partial charge in [-0.2, -0.15) is 15.4 Å². The predicted octanol–water partition coefficient (Wildman–Crippen LogP) is -2.68. The molecule has 0 amide bonds. The van der Waals surface area contributed by atoms with Gasteiger partial charge in [0.05, 0.1) is 12.8 Å². The van der Waals surface area contributed by atoms with Crippen LogP contribution in [0.1, 0.15) is 11.8 Å². The van der Waals surface area contributed by atoms with Crippen LogP contribution in [0.15, 0.2) is 6.20 Å². The molecule has 0 radical (unpaired) electrons. The maximum Gasteiger partial charge on any atom is 0.132 e. The standard InChI is InChI=1S/C8H13N3O5/c12-2-4(13)8-6(15)5(14)7(16-8)3-1-9-11-10-3/h1,4-8,12-15H,2H2,(H,9,10,11)/t4-,5-,6-,7?,8-/m1/s1. The van der Waals surface area contributed by atoms with Gasteiger partial charge in [-0.1, -0.05) is 0 Å². The van der Waals surface area contributed by atoms with Crippen molar-refractivity contribution in [1.29, 1.82) is 0 Å². The van der Waals surface area contributed by atoms with E-state index in [4.69, 9.17) is 9.84 Å². The quantitative estimate of drug-likeness (QED) is 0.383. The fraction of sp³-hybridized carbons (Fsp3) is 0.750. The fourth-order valence-electron chi connectivity index (χ4n) is 1.72. The van der Waals surface area contributed by atoms with Gasteiger partial charge in [0.25, 0.3) is 0 Å². The molecule has 0 spiro atoms. The van der Waals surface area contributed by atoms with Crippen LogP contribution in [-0.2, 0) is 4.74 Å². The molecule has 8 heteroatoms. The van der Waals surface area contributed by atoms with Crippen LogP contribution >= 0.6 is 0 Å². The highest BCUT2D eigenvalue weighted by Crippen LogP contribution is 2.33. The van der Waals surface area contributed by atoms with Crippen molar-refractivity contribution in [2.24, 2.45) is 0 Å². The summed E-state index contributed by atoms with van der Waals surface area (Å²) < 4.78 is 5.25. The van der Waals surface area contributed by atoms with E-state index in [1.54, 1.807) is 0 Å². The lowest BCUT2D eigenvalue weighted by molar-refractivity contribution is -0.0826. The zero-order valence-corrected chi connectivity index (χ0v) is 8.26. The van der Waals surface area contributed by atoms with E-state index in [0.29, 0.717) is 5.69 Å². The highest BCUT2D eigenvalue weighted by molar-refractivity contribution is 5.06. The molecule has 5 atom stereocenters. The average Bonchev–Trinajstić information content (AvgIpc) is 2.89. The molecule has 1 fully saturated rings. The molecule has 8 nitrogen and oxygen atoms in total. The monoisotopic (exact) mass is 231 g/mol. The Morgan fingerprint density at radius 3 is 2.75 bits per heavy atom. The van der Waals surface area contributed by atoms with Crippen molar-refractivity contribution in [1.82, 2.24) is 15.4 Å². The second-order valence-corrected chi connectivity index (χ2v) is 3.65. The summed E-state index contributed by atoms with van der Waals surface area (Å²) >= 11 is 0. The highest BCUT2D eigenvalue weighted by atomic mass is 16.6. The van der Waals surface area contributed by atoms with E-state index < -0.39 is 37.1 Å². The van der Waals surface area contributed by atoms with Crippen molar-refractivity contribution in [2.45, 2.75) is 30.5 Å². The van der Waals surface area contributed by atoms with Gasteiger partial charge in [-0.25, -0.2) is 0 Å². The summed E-state index contributed by atoms with van der Waals surface area (Å²) in [5.41, 5.74) is 0.333. The third kappa shape index (κ3) is 1.81. The Morgan fingerprint density at radius 1 is 1.44 bits per heavy atom. The second kappa shape index (κ2) is 4.44. The van der Waals surface area contributed by atoms with Crippen molar-refractivity contribution in [3.05, 3.63) is 11.9 Å². The van der Waals surface area contributed by atoms with Gasteiger partial charge in [-0.15, -0.1) is 0 Å². The molecule has 0 saturated carbocycles. The minimum absolute atomic E-state index is 0.333. The molecular formula is C8H13N3O5. The molecule has 90 valence electrons. The molecule has 1 aromatic heterocycles. The van der Waals surface area contributed by atoms with Crippen LogP contribution in [0.3, 0.4) is 0 Å². The first-order valence-corrected chi connectivity index (χ1v) is 4.81. The summed E-state index contributed by atoms with van der Waals surface area (Å²) in [4.78, 5) is 0. The van der Waals surface area contributed by atoms with E-state index in [0.717, 1.165) is 0 Å². The zero-order valence-electron chi connectivity index (χ0n) is 8.26. The number of aromatic nitrogens is 3. The highest BCUT2D eigenvalue weighted by Gasteiger charge is 2.47. The third-order valence-corrected chi connectivity index (χ3v) is 2.59. The van der Waals surface area contributed by atoms with Crippen LogP contribution in [0, 0.1) is 0 Å². The lowest BCUT2D eigenvalue weighted by atomic mass is 10.0. The molecule has 1 aliphatic rings. The molecule has 1 aliphatic heterocycles. The van der Waals surface area contributed by atoms with Gasteiger partial charge in [-0.05, 0) is 0 Å².